The first-order valence-electron chi connectivity index (χ1n) is 25.2. The predicted molar refractivity (Wildman–Crippen MR) is 298 cm³/mol. The van der Waals surface area contributed by atoms with Gasteiger partial charge in [-0.05, 0) is 71.5 Å². The maximum atomic E-state index is 12.3. The Hall–Kier alpha value is -6.69. The number of halogens is 1. The zero-order valence-electron chi connectivity index (χ0n) is 41.9. The van der Waals surface area contributed by atoms with Crippen LogP contribution in [0, 0.1) is 13.8 Å². The minimum Gasteiger partial charge on any atom is -0.337 e. The van der Waals surface area contributed by atoms with Crippen LogP contribution in [0.1, 0.15) is 44.5 Å². The topological polar surface area (TPSA) is 70.6 Å². The molecule has 0 aliphatic carbocycles. The number of piperazine rings is 3. The summed E-state index contributed by atoms with van der Waals surface area (Å²) >= 11 is 3.60. The molecule has 9 rings (SSSR count). The van der Waals surface area contributed by atoms with E-state index in [0.29, 0.717) is 0 Å². The van der Waals surface area contributed by atoms with Gasteiger partial charge in [-0.2, -0.15) is 0 Å². The third-order valence-electron chi connectivity index (χ3n) is 13.1. The summed E-state index contributed by atoms with van der Waals surface area (Å²) in [7, 11) is 0. The van der Waals surface area contributed by atoms with E-state index in [-0.39, 0.29) is 17.7 Å². The average Bonchev–Trinajstić information content (AvgIpc) is 3.42. The molecule has 0 atom stereocenters. The third kappa shape index (κ3) is 17.9. The van der Waals surface area contributed by atoms with Crippen LogP contribution in [0.25, 0.3) is 18.2 Å². The van der Waals surface area contributed by atoms with Gasteiger partial charge in [0.2, 0.25) is 17.7 Å². The number of nitrogens with zero attached hydrogens (tertiary/aromatic N) is 6. The van der Waals surface area contributed by atoms with Crippen LogP contribution in [-0.2, 0) is 34.0 Å². The summed E-state index contributed by atoms with van der Waals surface area (Å²) in [5.74, 6) is 0.307. The highest BCUT2D eigenvalue weighted by Crippen LogP contribution is 2.19. The van der Waals surface area contributed by atoms with Crippen molar-refractivity contribution >= 4 is 51.9 Å². The van der Waals surface area contributed by atoms with Gasteiger partial charge >= 0.3 is 0 Å². The van der Waals surface area contributed by atoms with Crippen molar-refractivity contribution in [1.29, 1.82) is 0 Å². The van der Waals surface area contributed by atoms with Gasteiger partial charge in [0.25, 0.3) is 0 Å². The molecule has 0 N–H and O–H groups in total. The van der Waals surface area contributed by atoms with Crippen molar-refractivity contribution < 1.29 is 14.4 Å². The normalized spacial score (nSPS) is 15.8. The monoisotopic (exact) mass is 1020 g/mol. The third-order valence-corrected chi connectivity index (χ3v) is 13.9. The number of carbonyl (C=O) groups is 3. The number of amides is 3. The SMILES string of the molecule is Cc1ccc(CN2CCN(C(=O)/C=C/c3ccccc3)CC2)cc1.Cc1ccc(CN2CCN(C(=O)/C=C/c3ccccc3)CC2)cc1.O=C(/C=C/c1ccccc1)N1CCN(Cc2ccccc2Br)CC1. The van der Waals surface area contributed by atoms with Crippen LogP contribution >= 0.6 is 15.9 Å². The Morgan fingerprint density at radius 3 is 0.986 bits per heavy atom. The van der Waals surface area contributed by atoms with E-state index in [2.05, 4.69) is 111 Å². The van der Waals surface area contributed by atoms with E-state index in [9.17, 15) is 14.4 Å². The summed E-state index contributed by atoms with van der Waals surface area (Å²) in [5.41, 5.74) is 9.72. The Balaban J connectivity index is 0.000000158. The second-order valence-electron chi connectivity index (χ2n) is 18.6. The molecule has 6 aromatic carbocycles. The molecule has 3 aliphatic heterocycles. The van der Waals surface area contributed by atoms with Gasteiger partial charge in [-0.25, -0.2) is 0 Å². The lowest BCUT2D eigenvalue weighted by molar-refractivity contribution is -0.128. The van der Waals surface area contributed by atoms with Crippen LogP contribution < -0.4 is 0 Å². The highest BCUT2D eigenvalue weighted by Gasteiger charge is 2.22. The van der Waals surface area contributed by atoms with Gasteiger partial charge in [-0.1, -0.05) is 185 Å². The Morgan fingerprint density at radius 2 is 0.667 bits per heavy atom. The van der Waals surface area contributed by atoms with Gasteiger partial charge in [-0.15, -0.1) is 0 Å². The molecule has 72 heavy (non-hydrogen) atoms. The van der Waals surface area contributed by atoms with Gasteiger partial charge in [0.1, 0.15) is 0 Å². The van der Waals surface area contributed by atoms with Crippen molar-refractivity contribution in [3.63, 3.8) is 0 Å². The first-order chi connectivity index (χ1) is 35.1. The maximum absolute atomic E-state index is 12.3. The fraction of sp³-hybridized carbons (Fsp3) is 0.274. The van der Waals surface area contributed by atoms with E-state index in [0.717, 1.165) is 119 Å². The summed E-state index contributed by atoms with van der Waals surface area (Å²) in [5, 5.41) is 0. The molecule has 3 aliphatic rings. The zero-order valence-corrected chi connectivity index (χ0v) is 43.5. The van der Waals surface area contributed by atoms with Gasteiger partial charge < -0.3 is 14.7 Å². The van der Waals surface area contributed by atoms with Crippen molar-refractivity contribution in [2.75, 3.05) is 78.5 Å². The first-order valence-corrected chi connectivity index (χ1v) is 26.0. The van der Waals surface area contributed by atoms with Gasteiger partial charge in [0, 0.05) is 121 Å². The van der Waals surface area contributed by atoms with Gasteiger partial charge in [0.15, 0.2) is 0 Å². The molecule has 6 aromatic rings. The largest absolute Gasteiger partial charge is 0.337 e. The van der Waals surface area contributed by atoms with Gasteiger partial charge in [-0.3, -0.25) is 29.1 Å². The molecule has 372 valence electrons. The number of hydrogen-bond donors (Lipinski definition) is 0. The molecule has 0 unspecified atom stereocenters. The van der Waals surface area contributed by atoms with E-state index in [1.807, 2.05) is 130 Å². The summed E-state index contributed by atoms with van der Waals surface area (Å²) in [6.45, 7) is 17.3. The lowest BCUT2D eigenvalue weighted by Gasteiger charge is -2.34. The molecule has 0 radical (unpaired) electrons. The minimum absolute atomic E-state index is 0.0967. The zero-order chi connectivity index (χ0) is 50.3. The summed E-state index contributed by atoms with van der Waals surface area (Å²) < 4.78 is 1.15. The molecule has 3 amide bonds. The quantitative estimate of drug-likeness (QED) is 0.114. The summed E-state index contributed by atoms with van der Waals surface area (Å²) in [6.07, 6.45) is 10.7. The van der Waals surface area contributed by atoms with Crippen LogP contribution in [0.4, 0.5) is 0 Å². The predicted octanol–water partition coefficient (Wildman–Crippen LogP) is 10.5. The number of carbonyl (C=O) groups excluding carboxylic acids is 3. The van der Waals surface area contributed by atoms with E-state index in [1.54, 1.807) is 18.2 Å². The van der Waals surface area contributed by atoms with Crippen molar-refractivity contribution in [3.8, 4) is 0 Å². The second kappa shape index (κ2) is 28.4. The summed E-state index contributed by atoms with van der Waals surface area (Å²) in [4.78, 5) is 49.9. The maximum Gasteiger partial charge on any atom is 0.246 e. The highest BCUT2D eigenvalue weighted by atomic mass is 79.9. The fourth-order valence-corrected chi connectivity index (χ4v) is 9.07. The molecular formula is C62H69BrN6O3. The van der Waals surface area contributed by atoms with Crippen LogP contribution in [0.2, 0.25) is 0 Å². The van der Waals surface area contributed by atoms with Crippen molar-refractivity contribution in [1.82, 2.24) is 29.4 Å². The lowest BCUT2D eigenvalue weighted by Crippen LogP contribution is -2.47. The van der Waals surface area contributed by atoms with E-state index in [4.69, 9.17) is 0 Å². The van der Waals surface area contributed by atoms with E-state index < -0.39 is 0 Å². The molecule has 0 bridgehead atoms. The molecule has 3 fully saturated rings. The molecule has 9 nitrogen and oxygen atoms in total. The number of benzene rings is 6. The first kappa shape index (κ1) is 53.1. The Bertz CT molecular complexity index is 2540. The van der Waals surface area contributed by atoms with Crippen LogP contribution in [0.5, 0.6) is 0 Å². The van der Waals surface area contributed by atoms with Crippen molar-refractivity contribution in [2.45, 2.75) is 33.5 Å². The fourth-order valence-electron chi connectivity index (χ4n) is 8.66. The smallest absolute Gasteiger partial charge is 0.246 e. The molecular weight excluding hydrogens is 957 g/mol. The Kier molecular flexibility index (Phi) is 20.9. The molecule has 0 saturated carbocycles. The standard InChI is InChI=1S/2C21H24N2O.C20H21BrN2O/c2*1-18-7-9-20(10-8-18)17-22-13-15-23(16-14-22)21(24)12-11-19-5-3-2-4-6-19;21-19-9-5-4-8-18(19)16-22-12-14-23(15-13-22)20(24)11-10-17-6-2-1-3-7-17/h2*2-12H,13-17H2,1H3;1-11H,12-16H2/b2*12-11+;11-10+. The second-order valence-corrected chi connectivity index (χ2v) is 19.5. The Morgan fingerprint density at radius 1 is 0.375 bits per heavy atom. The molecule has 0 spiro atoms. The number of rotatable bonds is 12. The summed E-state index contributed by atoms with van der Waals surface area (Å²) in [6, 6.07) is 55.5. The van der Waals surface area contributed by atoms with E-state index in [1.165, 1.54) is 27.8 Å². The lowest BCUT2D eigenvalue weighted by atomic mass is 10.1. The number of hydrogen-bond acceptors (Lipinski definition) is 6. The van der Waals surface area contributed by atoms with Crippen molar-refractivity contribution in [2.24, 2.45) is 0 Å². The molecule has 0 aromatic heterocycles. The van der Waals surface area contributed by atoms with Gasteiger partial charge in [0.05, 0.1) is 0 Å². The van der Waals surface area contributed by atoms with Crippen LogP contribution in [0.15, 0.2) is 186 Å². The van der Waals surface area contributed by atoms with Crippen molar-refractivity contribution in [3.05, 3.63) is 231 Å². The Labute approximate surface area is 436 Å². The molecule has 3 heterocycles. The molecule has 3 saturated heterocycles. The number of aryl methyl sites for hydroxylation is 2. The van der Waals surface area contributed by atoms with Crippen LogP contribution in [-0.4, -0.2) is 126 Å². The average molecular weight is 1030 g/mol. The minimum atomic E-state index is 0.0967. The highest BCUT2D eigenvalue weighted by molar-refractivity contribution is 9.10. The van der Waals surface area contributed by atoms with Crippen LogP contribution in [0.3, 0.4) is 0 Å². The molecule has 10 heteroatoms. The van der Waals surface area contributed by atoms with E-state index >= 15 is 0 Å².